The topological polar surface area (TPSA) is 58.6 Å². The van der Waals surface area contributed by atoms with Crippen molar-refractivity contribution in [3.63, 3.8) is 0 Å². The predicted molar refractivity (Wildman–Crippen MR) is 73.7 cm³/mol. The Morgan fingerprint density at radius 3 is 2.80 bits per heavy atom. The SMILES string of the molecule is C=CC[C@@H](C[C@@H](OC)c1ccc(F)c(C)c1)C(=O)NO. The molecule has 1 aromatic rings. The fourth-order valence-corrected chi connectivity index (χ4v) is 2.10. The molecule has 0 unspecified atom stereocenters. The van der Waals surface area contributed by atoms with Crippen LogP contribution in [0, 0.1) is 18.7 Å². The van der Waals surface area contributed by atoms with E-state index in [4.69, 9.17) is 9.94 Å². The molecule has 0 aromatic heterocycles. The zero-order chi connectivity index (χ0) is 15.1. The van der Waals surface area contributed by atoms with Crippen molar-refractivity contribution in [2.24, 2.45) is 5.92 Å². The van der Waals surface area contributed by atoms with Gasteiger partial charge in [-0.3, -0.25) is 10.0 Å². The number of benzene rings is 1. The van der Waals surface area contributed by atoms with Crippen LogP contribution in [0.15, 0.2) is 30.9 Å². The Morgan fingerprint density at radius 1 is 1.60 bits per heavy atom. The van der Waals surface area contributed by atoms with Gasteiger partial charge in [0.1, 0.15) is 5.82 Å². The minimum Gasteiger partial charge on any atom is -0.377 e. The molecule has 1 amide bonds. The lowest BCUT2D eigenvalue weighted by molar-refractivity contribution is -0.134. The number of hydrogen-bond donors (Lipinski definition) is 2. The lowest BCUT2D eigenvalue weighted by Crippen LogP contribution is -2.29. The van der Waals surface area contributed by atoms with Crippen molar-refractivity contribution in [2.45, 2.75) is 25.9 Å². The highest BCUT2D eigenvalue weighted by atomic mass is 19.1. The Labute approximate surface area is 118 Å². The van der Waals surface area contributed by atoms with Crippen LogP contribution < -0.4 is 5.48 Å². The van der Waals surface area contributed by atoms with Crippen LogP contribution in [0.4, 0.5) is 4.39 Å². The largest absolute Gasteiger partial charge is 0.377 e. The molecule has 1 aromatic carbocycles. The molecule has 0 spiro atoms. The minimum atomic E-state index is -0.481. The molecule has 0 saturated heterocycles. The summed E-state index contributed by atoms with van der Waals surface area (Å²) in [5.74, 6) is -1.21. The molecular weight excluding hydrogens is 261 g/mol. The number of amides is 1. The van der Waals surface area contributed by atoms with Crippen LogP contribution in [-0.4, -0.2) is 18.2 Å². The minimum absolute atomic E-state index is 0.278. The van der Waals surface area contributed by atoms with Gasteiger partial charge in [-0.1, -0.05) is 18.2 Å². The number of carbonyl (C=O) groups excluding carboxylic acids is 1. The van der Waals surface area contributed by atoms with E-state index in [1.165, 1.54) is 13.2 Å². The highest BCUT2D eigenvalue weighted by Gasteiger charge is 2.23. The second-order valence-corrected chi connectivity index (χ2v) is 4.67. The predicted octanol–water partition coefficient (Wildman–Crippen LogP) is 2.91. The van der Waals surface area contributed by atoms with Crippen molar-refractivity contribution in [1.82, 2.24) is 5.48 Å². The van der Waals surface area contributed by atoms with Crippen LogP contribution in [0.2, 0.25) is 0 Å². The molecule has 0 aliphatic carbocycles. The van der Waals surface area contributed by atoms with Crippen LogP contribution >= 0.6 is 0 Å². The molecule has 0 radical (unpaired) electrons. The summed E-state index contributed by atoms with van der Waals surface area (Å²) in [6, 6.07) is 4.72. The molecule has 4 nitrogen and oxygen atoms in total. The Kier molecular flexibility index (Phi) is 6.35. The van der Waals surface area contributed by atoms with Crippen molar-refractivity contribution >= 4 is 5.91 Å². The summed E-state index contributed by atoms with van der Waals surface area (Å²) < 4.78 is 18.7. The number of rotatable bonds is 7. The molecule has 0 aliphatic heterocycles. The van der Waals surface area contributed by atoms with E-state index in [1.807, 2.05) is 0 Å². The molecule has 0 bridgehead atoms. The van der Waals surface area contributed by atoms with E-state index in [1.54, 1.807) is 30.6 Å². The second-order valence-electron chi connectivity index (χ2n) is 4.67. The van der Waals surface area contributed by atoms with E-state index in [0.717, 1.165) is 5.56 Å². The summed E-state index contributed by atoms with van der Waals surface area (Å²) in [6.45, 7) is 5.27. The van der Waals surface area contributed by atoms with E-state index in [-0.39, 0.29) is 11.9 Å². The highest BCUT2D eigenvalue weighted by Crippen LogP contribution is 2.27. The molecule has 110 valence electrons. The first kappa shape index (κ1) is 16.3. The molecule has 0 saturated carbocycles. The third-order valence-electron chi connectivity index (χ3n) is 3.27. The molecule has 5 heteroatoms. The monoisotopic (exact) mass is 281 g/mol. The fraction of sp³-hybridized carbons (Fsp3) is 0.400. The van der Waals surface area contributed by atoms with Crippen LogP contribution in [0.1, 0.15) is 30.1 Å². The van der Waals surface area contributed by atoms with Gasteiger partial charge in [-0.05, 0) is 37.0 Å². The van der Waals surface area contributed by atoms with E-state index in [2.05, 4.69) is 6.58 Å². The van der Waals surface area contributed by atoms with Crippen molar-refractivity contribution in [3.05, 3.63) is 47.8 Å². The number of allylic oxidation sites excluding steroid dienone is 1. The number of halogens is 1. The van der Waals surface area contributed by atoms with Gasteiger partial charge in [0.05, 0.1) is 6.10 Å². The number of hydroxylamine groups is 1. The number of carbonyl (C=O) groups is 1. The normalized spacial score (nSPS) is 13.6. The molecule has 20 heavy (non-hydrogen) atoms. The quantitative estimate of drug-likeness (QED) is 0.459. The Hall–Kier alpha value is -1.72. The van der Waals surface area contributed by atoms with E-state index < -0.39 is 11.8 Å². The van der Waals surface area contributed by atoms with Crippen molar-refractivity contribution in [2.75, 3.05) is 7.11 Å². The molecule has 0 heterocycles. The number of methoxy groups -OCH3 is 1. The fourth-order valence-electron chi connectivity index (χ4n) is 2.10. The van der Waals surface area contributed by atoms with Gasteiger partial charge in [-0.2, -0.15) is 0 Å². The van der Waals surface area contributed by atoms with Gasteiger partial charge in [0.15, 0.2) is 0 Å². The Bertz CT molecular complexity index is 476. The maximum absolute atomic E-state index is 13.3. The van der Waals surface area contributed by atoms with Gasteiger partial charge in [0, 0.05) is 13.0 Å². The number of nitrogens with one attached hydrogen (secondary N) is 1. The first-order chi connectivity index (χ1) is 9.53. The maximum Gasteiger partial charge on any atom is 0.246 e. The van der Waals surface area contributed by atoms with Crippen LogP contribution in [0.5, 0.6) is 0 Å². The maximum atomic E-state index is 13.3. The summed E-state index contributed by atoms with van der Waals surface area (Å²) >= 11 is 0. The second kappa shape index (κ2) is 7.77. The Morgan fingerprint density at radius 2 is 2.30 bits per heavy atom. The molecule has 2 N–H and O–H groups in total. The number of hydrogen-bond acceptors (Lipinski definition) is 3. The first-order valence-electron chi connectivity index (χ1n) is 6.37. The molecule has 1 rings (SSSR count). The van der Waals surface area contributed by atoms with Crippen molar-refractivity contribution < 1.29 is 19.1 Å². The molecule has 0 fully saturated rings. The molecule has 2 atom stereocenters. The summed E-state index contributed by atoms with van der Waals surface area (Å²) in [7, 11) is 1.53. The number of ether oxygens (including phenoxy) is 1. The van der Waals surface area contributed by atoms with Gasteiger partial charge in [-0.25, -0.2) is 9.87 Å². The van der Waals surface area contributed by atoms with Gasteiger partial charge >= 0.3 is 0 Å². The van der Waals surface area contributed by atoms with Gasteiger partial charge < -0.3 is 4.74 Å². The van der Waals surface area contributed by atoms with Crippen LogP contribution in [-0.2, 0) is 9.53 Å². The third kappa shape index (κ3) is 4.15. The zero-order valence-corrected chi connectivity index (χ0v) is 11.7. The third-order valence-corrected chi connectivity index (χ3v) is 3.27. The summed E-state index contributed by atoms with van der Waals surface area (Å²) in [6.07, 6.45) is 2.06. The van der Waals surface area contributed by atoms with Gasteiger partial charge in [-0.15, -0.1) is 6.58 Å². The molecule has 0 aliphatic rings. The summed E-state index contributed by atoms with van der Waals surface area (Å²) in [5.41, 5.74) is 2.97. The average Bonchev–Trinajstić information content (AvgIpc) is 2.45. The van der Waals surface area contributed by atoms with E-state index in [9.17, 15) is 9.18 Å². The van der Waals surface area contributed by atoms with Crippen molar-refractivity contribution in [3.8, 4) is 0 Å². The lowest BCUT2D eigenvalue weighted by atomic mass is 9.93. The summed E-state index contributed by atoms with van der Waals surface area (Å²) in [5, 5.41) is 8.74. The molecular formula is C15H20FNO3. The first-order valence-corrected chi connectivity index (χ1v) is 6.37. The zero-order valence-electron chi connectivity index (χ0n) is 11.7. The average molecular weight is 281 g/mol. The smallest absolute Gasteiger partial charge is 0.246 e. The van der Waals surface area contributed by atoms with Gasteiger partial charge in [0.2, 0.25) is 5.91 Å². The van der Waals surface area contributed by atoms with E-state index in [0.29, 0.717) is 18.4 Å². The van der Waals surface area contributed by atoms with Crippen LogP contribution in [0.25, 0.3) is 0 Å². The van der Waals surface area contributed by atoms with Crippen LogP contribution in [0.3, 0.4) is 0 Å². The van der Waals surface area contributed by atoms with E-state index >= 15 is 0 Å². The summed E-state index contributed by atoms with van der Waals surface area (Å²) in [4.78, 5) is 11.6. The van der Waals surface area contributed by atoms with Gasteiger partial charge in [0.25, 0.3) is 0 Å². The lowest BCUT2D eigenvalue weighted by Gasteiger charge is -2.21. The standard InChI is InChI=1S/C15H20FNO3/c1-4-5-12(15(18)17-19)9-14(20-3)11-6-7-13(16)10(2)8-11/h4,6-8,12,14,19H,1,5,9H2,2-3H3,(H,17,18)/t12-,14+/m0/s1. The van der Waals surface area contributed by atoms with Crippen molar-refractivity contribution in [1.29, 1.82) is 0 Å². The number of aryl methyl sites for hydroxylation is 1. The highest BCUT2D eigenvalue weighted by molar-refractivity contribution is 5.77. The Balaban J connectivity index is 2.90.